The fourth-order valence-corrected chi connectivity index (χ4v) is 6.28. The number of carbonyl (C=O) groups excluding carboxylic acids is 2. The molecule has 0 bridgehead atoms. The van der Waals surface area contributed by atoms with Crippen LogP contribution < -0.4 is 10.3 Å². The number of allylic oxidation sites excluding steroid dienone is 7. The Morgan fingerprint density at radius 2 is 1.80 bits per heavy atom. The molecule has 0 aliphatic carbocycles. The van der Waals surface area contributed by atoms with Crippen LogP contribution >= 0.6 is 36.1 Å². The van der Waals surface area contributed by atoms with Crippen LogP contribution in [0.15, 0.2) is 87.7 Å². The van der Waals surface area contributed by atoms with Gasteiger partial charge in [-0.1, -0.05) is 51.5 Å². The number of aldehydes is 1. The predicted octanol–water partition coefficient (Wildman–Crippen LogP) is 7.31. The van der Waals surface area contributed by atoms with Crippen molar-refractivity contribution in [2.24, 2.45) is 10.5 Å². The standard InChI is InChI=1S/C33H44N4O6S3/c1-32(2)25(11-9-19-44-40)21-24(31(39)36(5)43-18-17-38)23-34-35-29(32)12-7-6-8-13-30-33(3,4)27-22-26(46-42)14-15-28(27)37(30)16-10-20-45-41/h6-8,12-15,17,21-23,34,40-42H,9-11,16,18-20H2,1-5H3/b8-6+,12-7+,24-23?,25-21?,30-13+,35-29-. The number of hydrazone groups is 1. The molecule has 2 aliphatic rings. The number of rotatable bonds is 16. The molecule has 0 fully saturated rings. The first-order valence-corrected chi connectivity index (χ1v) is 17.6. The maximum Gasteiger partial charge on any atom is 0.278 e. The number of benzene rings is 1. The molecule has 250 valence electrons. The number of fused-ring (bicyclic) bond motifs is 1. The fraction of sp³-hybridized carbons (Fsp3) is 0.424. The molecular weight excluding hydrogens is 645 g/mol. The second-order valence-electron chi connectivity index (χ2n) is 11.8. The molecule has 0 unspecified atom stereocenters. The van der Waals surface area contributed by atoms with Gasteiger partial charge in [-0.3, -0.25) is 15.1 Å². The molecule has 10 nitrogen and oxygen atoms in total. The summed E-state index contributed by atoms with van der Waals surface area (Å²) >= 11 is 2.37. The largest absolute Gasteiger partial charge is 0.344 e. The number of carbonyl (C=O) groups is 2. The lowest BCUT2D eigenvalue weighted by Crippen LogP contribution is -2.32. The number of hydrogen-bond donors (Lipinski definition) is 4. The van der Waals surface area contributed by atoms with Gasteiger partial charge in [-0.2, -0.15) is 5.10 Å². The number of anilines is 1. The van der Waals surface area contributed by atoms with Crippen molar-refractivity contribution >= 4 is 59.7 Å². The smallest absolute Gasteiger partial charge is 0.278 e. The van der Waals surface area contributed by atoms with E-state index in [-0.39, 0.29) is 12.0 Å². The van der Waals surface area contributed by atoms with Crippen molar-refractivity contribution in [1.29, 1.82) is 0 Å². The average Bonchev–Trinajstić information content (AvgIpc) is 3.24. The lowest BCUT2D eigenvalue weighted by molar-refractivity contribution is -0.173. The maximum absolute atomic E-state index is 13.0. The van der Waals surface area contributed by atoms with Crippen LogP contribution in [0, 0.1) is 5.41 Å². The van der Waals surface area contributed by atoms with Gasteiger partial charge < -0.3 is 23.4 Å². The highest BCUT2D eigenvalue weighted by atomic mass is 32.2. The van der Waals surface area contributed by atoms with E-state index in [1.165, 1.54) is 13.2 Å². The Bertz CT molecular complexity index is 1420. The predicted molar refractivity (Wildman–Crippen MR) is 191 cm³/mol. The number of hydroxylamine groups is 2. The average molecular weight is 689 g/mol. The highest BCUT2D eigenvalue weighted by Gasteiger charge is 2.39. The Morgan fingerprint density at radius 1 is 1.07 bits per heavy atom. The molecule has 0 radical (unpaired) electrons. The molecule has 2 heterocycles. The van der Waals surface area contributed by atoms with Crippen molar-refractivity contribution < 1.29 is 28.1 Å². The summed E-state index contributed by atoms with van der Waals surface area (Å²) in [6.45, 7) is 8.96. The monoisotopic (exact) mass is 688 g/mol. The van der Waals surface area contributed by atoms with Gasteiger partial charge in [0.15, 0.2) is 0 Å². The second-order valence-corrected chi connectivity index (χ2v) is 13.7. The Labute approximate surface area is 285 Å². The van der Waals surface area contributed by atoms with Crippen molar-refractivity contribution in [3.8, 4) is 0 Å². The van der Waals surface area contributed by atoms with Gasteiger partial charge in [0.1, 0.15) is 12.9 Å². The minimum Gasteiger partial charge on any atom is -0.344 e. The van der Waals surface area contributed by atoms with Crippen molar-refractivity contribution in [3.63, 3.8) is 0 Å². The first-order valence-electron chi connectivity index (χ1n) is 14.9. The SMILES string of the molecule is CN(OCC=O)C(=O)C1=CN/N=C(/C=C/C=C/C=C2/N(CCCSO)c3ccc(SO)cc3C2(C)C)C(C)(C)C(CCCSO)=C1. The summed E-state index contributed by atoms with van der Waals surface area (Å²) < 4.78 is 28.2. The molecule has 0 aromatic heterocycles. The van der Waals surface area contributed by atoms with E-state index in [1.807, 2.05) is 62.4 Å². The molecule has 1 amide bonds. The van der Waals surface area contributed by atoms with Crippen LogP contribution in [0.3, 0.4) is 0 Å². The molecule has 1 aromatic rings. The Balaban J connectivity index is 1.89. The van der Waals surface area contributed by atoms with E-state index in [2.05, 4.69) is 35.4 Å². The van der Waals surface area contributed by atoms with Crippen LogP contribution in [0.25, 0.3) is 0 Å². The molecule has 3 rings (SSSR count). The van der Waals surface area contributed by atoms with E-state index in [0.29, 0.717) is 36.2 Å². The third-order valence-corrected chi connectivity index (χ3v) is 9.45. The van der Waals surface area contributed by atoms with Gasteiger partial charge >= 0.3 is 0 Å². The molecule has 0 atom stereocenters. The minimum atomic E-state index is -0.559. The van der Waals surface area contributed by atoms with Crippen molar-refractivity contribution in [1.82, 2.24) is 10.5 Å². The van der Waals surface area contributed by atoms with Crippen LogP contribution in [0.4, 0.5) is 5.69 Å². The van der Waals surface area contributed by atoms with E-state index < -0.39 is 11.3 Å². The normalized spacial score (nSPS) is 19.3. The van der Waals surface area contributed by atoms with Crippen LogP contribution in [0.5, 0.6) is 0 Å². The number of amides is 1. The first-order chi connectivity index (χ1) is 22.0. The van der Waals surface area contributed by atoms with E-state index in [9.17, 15) is 23.2 Å². The van der Waals surface area contributed by atoms with Crippen LogP contribution in [0.1, 0.15) is 52.5 Å². The topological polar surface area (TPSA) is 135 Å². The van der Waals surface area contributed by atoms with E-state index >= 15 is 0 Å². The van der Waals surface area contributed by atoms with Crippen molar-refractivity contribution in [2.75, 3.05) is 36.6 Å². The summed E-state index contributed by atoms with van der Waals surface area (Å²) in [5.41, 5.74) is 7.46. The van der Waals surface area contributed by atoms with Gasteiger partial charge in [-0.05, 0) is 85.3 Å². The number of likely N-dealkylation sites (N-methyl/N-ethyl adjacent to an activating group) is 1. The van der Waals surface area contributed by atoms with Crippen LogP contribution in [0.2, 0.25) is 0 Å². The molecule has 2 aliphatic heterocycles. The minimum absolute atomic E-state index is 0.231. The molecular formula is C33H44N4O6S3. The lowest BCUT2D eigenvalue weighted by atomic mass is 9.76. The molecule has 13 heteroatoms. The Kier molecular flexibility index (Phi) is 14.7. The third-order valence-electron chi connectivity index (χ3n) is 8.05. The highest BCUT2D eigenvalue weighted by Crippen LogP contribution is 2.48. The van der Waals surface area contributed by atoms with E-state index in [1.54, 1.807) is 0 Å². The number of nitrogens with one attached hydrogen (secondary N) is 1. The fourth-order valence-electron chi connectivity index (χ4n) is 5.45. The zero-order valence-corrected chi connectivity index (χ0v) is 29.4. The third kappa shape index (κ3) is 9.40. The highest BCUT2D eigenvalue weighted by molar-refractivity contribution is 7.94. The quantitative estimate of drug-likeness (QED) is 0.0458. The lowest BCUT2D eigenvalue weighted by Gasteiger charge is -2.30. The first kappa shape index (κ1) is 37.7. The van der Waals surface area contributed by atoms with E-state index in [4.69, 9.17) is 4.84 Å². The molecule has 0 spiro atoms. The summed E-state index contributed by atoms with van der Waals surface area (Å²) in [5.74, 6) is 0.771. The van der Waals surface area contributed by atoms with Gasteiger partial charge in [-0.15, -0.1) is 0 Å². The van der Waals surface area contributed by atoms with Gasteiger partial charge in [0.25, 0.3) is 5.91 Å². The van der Waals surface area contributed by atoms with Crippen LogP contribution in [-0.2, 0) is 19.8 Å². The zero-order valence-electron chi connectivity index (χ0n) is 26.9. The van der Waals surface area contributed by atoms with Gasteiger partial charge in [-0.25, -0.2) is 5.06 Å². The molecule has 46 heavy (non-hydrogen) atoms. The molecule has 4 N–H and O–H groups in total. The summed E-state index contributed by atoms with van der Waals surface area (Å²) in [6.07, 6.45) is 16.0. The number of nitrogens with zero attached hydrogens (tertiary/aromatic N) is 3. The number of hydrogen-bond acceptors (Lipinski definition) is 12. The van der Waals surface area contributed by atoms with Gasteiger partial charge in [0.2, 0.25) is 0 Å². The summed E-state index contributed by atoms with van der Waals surface area (Å²) in [5, 5.41) is 5.63. The Hall–Kier alpha value is -2.78. The van der Waals surface area contributed by atoms with Crippen molar-refractivity contribution in [2.45, 2.75) is 57.3 Å². The van der Waals surface area contributed by atoms with E-state index in [0.717, 1.165) is 87.3 Å². The summed E-state index contributed by atoms with van der Waals surface area (Å²) in [4.78, 5) is 32.0. The second kappa shape index (κ2) is 17.9. The summed E-state index contributed by atoms with van der Waals surface area (Å²) in [6, 6.07) is 6.00. The summed E-state index contributed by atoms with van der Waals surface area (Å²) in [7, 11) is 1.45. The molecule has 0 saturated carbocycles. The molecule has 1 aromatic carbocycles. The Morgan fingerprint density at radius 3 is 2.50 bits per heavy atom. The van der Waals surface area contributed by atoms with Crippen molar-refractivity contribution in [3.05, 3.63) is 83.3 Å². The molecule has 0 saturated heterocycles. The van der Waals surface area contributed by atoms with Crippen LogP contribution in [-0.4, -0.2) is 68.3 Å². The zero-order chi connectivity index (χ0) is 33.7. The van der Waals surface area contributed by atoms with Gasteiger partial charge in [0, 0.05) is 70.5 Å². The maximum atomic E-state index is 13.0. The van der Waals surface area contributed by atoms with Gasteiger partial charge in [0.05, 0.1) is 11.3 Å².